The Hall–Kier alpha value is -3.34. The van der Waals surface area contributed by atoms with E-state index < -0.39 is 65.3 Å². The van der Waals surface area contributed by atoms with Gasteiger partial charge in [-0.05, 0) is 19.0 Å². The minimum Gasteiger partial charge on any atom is -0.509 e. The molecule has 0 saturated carbocycles. The average Bonchev–Trinajstić information content (AvgIpc) is 2.84. The number of thioether (sulfide) groups is 1. The molecule has 38 heavy (non-hydrogen) atoms. The SMILES string of the molecule is CC(C)OC(=O)O[C@H](C)OC(=O)C1=C(COC(=O)N(C)C)CS[C@@H]2[C@H](NC(=O)/C(N=O)=C(\O)CBr)C(=O)N12. The summed E-state index contributed by atoms with van der Waals surface area (Å²) in [6.45, 7) is 4.10. The molecule has 1 fully saturated rings. The number of allylic oxidation sites excluding steroid dienone is 1. The van der Waals surface area contributed by atoms with Gasteiger partial charge in [0.1, 0.15) is 29.5 Å². The minimum atomic E-state index is -1.40. The van der Waals surface area contributed by atoms with E-state index >= 15 is 0 Å². The third-order valence-corrected chi connectivity index (χ3v) is 6.71. The summed E-state index contributed by atoms with van der Waals surface area (Å²) in [7, 11) is 2.92. The number of alkyl halides is 1. The summed E-state index contributed by atoms with van der Waals surface area (Å²) in [6, 6.07) is -1.17. The van der Waals surface area contributed by atoms with Crippen molar-refractivity contribution in [2.24, 2.45) is 5.18 Å². The number of halogens is 1. The minimum absolute atomic E-state index is 0.0951. The van der Waals surface area contributed by atoms with Crippen LogP contribution < -0.4 is 5.32 Å². The molecule has 210 valence electrons. The number of nitrogens with one attached hydrogen (secondary N) is 1. The number of esters is 1. The number of rotatable bonds is 10. The summed E-state index contributed by atoms with van der Waals surface area (Å²) in [5, 5.41) is 13.5. The van der Waals surface area contributed by atoms with Crippen LogP contribution >= 0.6 is 27.7 Å². The number of nitroso groups, excluding NO2 is 1. The molecule has 0 unspecified atom stereocenters. The first-order valence-electron chi connectivity index (χ1n) is 11.0. The van der Waals surface area contributed by atoms with Gasteiger partial charge in [0.25, 0.3) is 11.8 Å². The number of aliphatic hydroxyl groups is 1. The molecular weight excluding hydrogens is 596 g/mol. The summed E-state index contributed by atoms with van der Waals surface area (Å²) >= 11 is 4.04. The van der Waals surface area contributed by atoms with Crippen LogP contribution in [0.25, 0.3) is 0 Å². The molecular formula is C21H27BrN4O11S. The molecule has 0 radical (unpaired) electrons. The number of carbonyl (C=O) groups excluding carboxylic acids is 5. The highest BCUT2D eigenvalue weighted by Gasteiger charge is 2.55. The smallest absolute Gasteiger partial charge is 0.509 e. The van der Waals surface area contributed by atoms with E-state index in [1.165, 1.54) is 25.9 Å². The number of aliphatic hydroxyl groups excluding tert-OH is 1. The number of β-lactam (4-membered cyclic amide) rings is 1. The highest BCUT2D eigenvalue weighted by Crippen LogP contribution is 2.41. The second-order valence-corrected chi connectivity index (χ2v) is 9.96. The topological polar surface area (TPSA) is 190 Å². The van der Waals surface area contributed by atoms with Crippen LogP contribution in [0.4, 0.5) is 9.59 Å². The van der Waals surface area contributed by atoms with Gasteiger partial charge in [-0.3, -0.25) is 14.5 Å². The first-order chi connectivity index (χ1) is 17.8. The van der Waals surface area contributed by atoms with Crippen molar-refractivity contribution in [1.29, 1.82) is 0 Å². The van der Waals surface area contributed by atoms with Crippen molar-refractivity contribution in [2.75, 3.05) is 31.8 Å². The molecule has 0 aromatic heterocycles. The average molecular weight is 623 g/mol. The van der Waals surface area contributed by atoms with Crippen LogP contribution in [0.5, 0.6) is 0 Å². The highest BCUT2D eigenvalue weighted by atomic mass is 79.9. The number of nitrogens with zero attached hydrogens (tertiary/aromatic N) is 3. The molecule has 17 heteroatoms. The fourth-order valence-electron chi connectivity index (χ4n) is 3.15. The normalized spacial score (nSPS) is 19.9. The molecule has 2 heterocycles. The van der Waals surface area contributed by atoms with Crippen molar-refractivity contribution >= 4 is 57.7 Å². The van der Waals surface area contributed by atoms with Crippen molar-refractivity contribution in [2.45, 2.75) is 44.6 Å². The third-order valence-electron chi connectivity index (χ3n) is 4.84. The van der Waals surface area contributed by atoms with Crippen molar-refractivity contribution in [3.8, 4) is 0 Å². The summed E-state index contributed by atoms with van der Waals surface area (Å²) in [5.74, 6) is -3.41. The lowest BCUT2D eigenvalue weighted by molar-refractivity contribution is -0.169. The zero-order chi connectivity index (χ0) is 28.7. The molecule has 3 amide bonds. The Morgan fingerprint density at radius 1 is 1.21 bits per heavy atom. The van der Waals surface area contributed by atoms with Gasteiger partial charge in [0.2, 0.25) is 12.0 Å². The van der Waals surface area contributed by atoms with E-state index in [4.69, 9.17) is 18.9 Å². The first-order valence-corrected chi connectivity index (χ1v) is 13.2. The van der Waals surface area contributed by atoms with Gasteiger partial charge in [-0.2, -0.15) is 0 Å². The quantitative estimate of drug-likeness (QED) is 0.0525. The molecule has 0 bridgehead atoms. The number of hydrogen-bond donors (Lipinski definition) is 2. The van der Waals surface area contributed by atoms with Gasteiger partial charge in [0.05, 0.1) is 11.4 Å². The zero-order valence-corrected chi connectivity index (χ0v) is 23.5. The highest BCUT2D eigenvalue weighted by molar-refractivity contribution is 9.09. The van der Waals surface area contributed by atoms with Gasteiger partial charge in [-0.15, -0.1) is 16.7 Å². The largest absolute Gasteiger partial charge is 0.511 e. The number of amides is 3. The fraction of sp³-hybridized carbons (Fsp3) is 0.571. The Morgan fingerprint density at radius 2 is 1.87 bits per heavy atom. The van der Waals surface area contributed by atoms with Crippen molar-refractivity contribution in [3.05, 3.63) is 27.6 Å². The third kappa shape index (κ3) is 7.37. The lowest BCUT2D eigenvalue weighted by Crippen LogP contribution is -2.70. The second-order valence-electron chi connectivity index (χ2n) is 8.29. The molecule has 15 nitrogen and oxygen atoms in total. The Balaban J connectivity index is 2.27. The molecule has 1 saturated heterocycles. The predicted octanol–water partition coefficient (Wildman–Crippen LogP) is 1.72. The Morgan fingerprint density at radius 3 is 2.42 bits per heavy atom. The molecule has 0 aromatic carbocycles. The second kappa shape index (κ2) is 13.5. The molecule has 0 spiro atoms. The summed E-state index contributed by atoms with van der Waals surface area (Å²) < 4.78 is 20.1. The van der Waals surface area contributed by atoms with Crippen LogP contribution in [0.3, 0.4) is 0 Å². The first kappa shape index (κ1) is 30.9. The van der Waals surface area contributed by atoms with Crippen LogP contribution in [0.15, 0.2) is 27.9 Å². The van der Waals surface area contributed by atoms with Crippen LogP contribution in [0.2, 0.25) is 0 Å². The molecule has 2 aliphatic rings. The van der Waals surface area contributed by atoms with Gasteiger partial charge >= 0.3 is 18.2 Å². The monoisotopic (exact) mass is 622 g/mol. The maximum atomic E-state index is 13.1. The van der Waals surface area contributed by atoms with Gasteiger partial charge in [-0.25, -0.2) is 14.4 Å². The molecule has 0 aromatic rings. The predicted molar refractivity (Wildman–Crippen MR) is 135 cm³/mol. The summed E-state index contributed by atoms with van der Waals surface area (Å²) in [4.78, 5) is 75.3. The summed E-state index contributed by atoms with van der Waals surface area (Å²) in [6.07, 6.45) is -3.65. The molecule has 3 atom stereocenters. The summed E-state index contributed by atoms with van der Waals surface area (Å²) in [5.41, 5.74) is -0.829. The maximum absolute atomic E-state index is 13.1. The molecule has 0 aliphatic carbocycles. The van der Waals surface area contributed by atoms with Crippen molar-refractivity contribution in [3.63, 3.8) is 0 Å². The molecule has 2 rings (SSSR count). The van der Waals surface area contributed by atoms with E-state index in [-0.39, 0.29) is 29.0 Å². The van der Waals surface area contributed by atoms with E-state index in [9.17, 15) is 34.0 Å². The van der Waals surface area contributed by atoms with Gasteiger partial charge in [-0.1, -0.05) is 15.9 Å². The Labute approximate surface area is 229 Å². The van der Waals surface area contributed by atoms with E-state index in [0.29, 0.717) is 0 Å². The number of carbonyl (C=O) groups is 5. The van der Waals surface area contributed by atoms with Crippen LogP contribution in [-0.2, 0) is 33.3 Å². The van der Waals surface area contributed by atoms with E-state index in [0.717, 1.165) is 16.7 Å². The zero-order valence-electron chi connectivity index (χ0n) is 21.1. The van der Waals surface area contributed by atoms with Gasteiger partial charge in [0, 0.05) is 32.3 Å². The Bertz CT molecular complexity index is 1060. The lowest BCUT2D eigenvalue weighted by atomic mass is 10.0. The number of fused-ring (bicyclic) bond motifs is 1. The van der Waals surface area contributed by atoms with Crippen LogP contribution in [0, 0.1) is 4.91 Å². The standard InChI is InChI=1S/C21H27BrN4O11S/c1-9(2)35-21(32)37-10(3)36-19(30)15-11(7-34-20(31)25(4)5)8-38-18-14(17(29)26(15)18)23-16(28)13(24-33)12(27)6-22/h9-10,14,18,27H,6-8H2,1-5H3,(H,23,28)/b13-12+/t10-,14-,18-/m1/s1. The van der Waals surface area contributed by atoms with E-state index in [1.54, 1.807) is 13.8 Å². The van der Waals surface area contributed by atoms with Gasteiger partial charge < -0.3 is 34.3 Å². The van der Waals surface area contributed by atoms with Gasteiger partial charge in [0.15, 0.2) is 0 Å². The number of hydrogen-bond acceptors (Lipinski definition) is 13. The van der Waals surface area contributed by atoms with Crippen LogP contribution in [0.1, 0.15) is 20.8 Å². The van der Waals surface area contributed by atoms with E-state index in [2.05, 4.69) is 26.4 Å². The fourth-order valence-corrected chi connectivity index (χ4v) is 4.74. The van der Waals surface area contributed by atoms with Crippen molar-refractivity contribution < 1.29 is 48.0 Å². The van der Waals surface area contributed by atoms with Crippen LogP contribution in [-0.4, -0.2) is 101 Å². The van der Waals surface area contributed by atoms with Crippen molar-refractivity contribution in [1.82, 2.24) is 15.1 Å². The Kier molecular flexibility index (Phi) is 10.9. The number of ether oxygens (including phenoxy) is 4. The van der Waals surface area contributed by atoms with E-state index in [1.807, 2.05) is 0 Å². The molecule has 2 aliphatic heterocycles. The lowest BCUT2D eigenvalue weighted by Gasteiger charge is -2.49. The maximum Gasteiger partial charge on any atom is 0.511 e. The molecule has 2 N–H and O–H groups in total.